The standard InChI is InChI=1S/C10H13N3O/c1-3-4-7-13-10(14)12(2)9(11-13)8-5-6-8/h8H,5-7H2,1-2H3. The first kappa shape index (κ1) is 9.07. The van der Waals surface area contributed by atoms with E-state index in [4.69, 9.17) is 0 Å². The lowest BCUT2D eigenvalue weighted by Crippen LogP contribution is -2.22. The van der Waals surface area contributed by atoms with Gasteiger partial charge >= 0.3 is 5.69 Å². The minimum atomic E-state index is -0.0605. The van der Waals surface area contributed by atoms with Crippen molar-refractivity contribution in [2.45, 2.75) is 32.2 Å². The molecule has 0 N–H and O–H groups in total. The van der Waals surface area contributed by atoms with Crippen LogP contribution in [-0.2, 0) is 13.6 Å². The molecule has 1 aromatic rings. The maximum atomic E-state index is 11.6. The largest absolute Gasteiger partial charge is 0.346 e. The molecule has 0 amide bonds. The van der Waals surface area contributed by atoms with Gasteiger partial charge in [0.25, 0.3) is 0 Å². The summed E-state index contributed by atoms with van der Waals surface area (Å²) in [6.45, 7) is 2.16. The third-order valence-corrected chi connectivity index (χ3v) is 2.42. The average Bonchev–Trinajstić information content (AvgIpc) is 2.96. The lowest BCUT2D eigenvalue weighted by Gasteiger charge is -1.91. The maximum Gasteiger partial charge on any atom is 0.346 e. The first-order valence-electron chi connectivity index (χ1n) is 4.77. The first-order chi connectivity index (χ1) is 6.74. The molecule has 1 saturated carbocycles. The Hall–Kier alpha value is -1.50. The Morgan fingerprint density at radius 3 is 2.86 bits per heavy atom. The number of aromatic nitrogens is 3. The van der Waals surface area contributed by atoms with Gasteiger partial charge in [0, 0.05) is 13.0 Å². The molecule has 2 rings (SSSR count). The molecule has 0 unspecified atom stereocenters. The van der Waals surface area contributed by atoms with E-state index in [1.165, 1.54) is 4.68 Å². The second-order valence-corrected chi connectivity index (χ2v) is 3.56. The minimum Gasteiger partial charge on any atom is -0.282 e. The summed E-state index contributed by atoms with van der Waals surface area (Å²) in [4.78, 5) is 11.6. The quantitative estimate of drug-likeness (QED) is 0.638. The maximum absolute atomic E-state index is 11.6. The van der Waals surface area contributed by atoms with E-state index in [0.717, 1.165) is 18.7 Å². The normalized spacial score (nSPS) is 15.0. The van der Waals surface area contributed by atoms with Gasteiger partial charge in [-0.3, -0.25) is 4.57 Å². The van der Waals surface area contributed by atoms with E-state index in [1.54, 1.807) is 18.5 Å². The van der Waals surface area contributed by atoms with Crippen LogP contribution in [0.3, 0.4) is 0 Å². The molecule has 0 aliphatic heterocycles. The Labute approximate surface area is 82.5 Å². The highest BCUT2D eigenvalue weighted by atomic mass is 16.2. The summed E-state index contributed by atoms with van der Waals surface area (Å²) in [5.74, 6) is 7.01. The van der Waals surface area contributed by atoms with Gasteiger partial charge in [0.05, 0.1) is 0 Å². The summed E-state index contributed by atoms with van der Waals surface area (Å²) >= 11 is 0. The average molecular weight is 191 g/mol. The Balaban J connectivity index is 2.35. The van der Waals surface area contributed by atoms with E-state index >= 15 is 0 Å². The summed E-state index contributed by atoms with van der Waals surface area (Å²) in [7, 11) is 1.78. The molecule has 1 heterocycles. The van der Waals surface area contributed by atoms with Crippen LogP contribution in [0.4, 0.5) is 0 Å². The second kappa shape index (κ2) is 3.33. The van der Waals surface area contributed by atoms with Gasteiger partial charge in [0.2, 0.25) is 0 Å². The summed E-state index contributed by atoms with van der Waals surface area (Å²) in [5.41, 5.74) is -0.0605. The van der Waals surface area contributed by atoms with E-state index in [2.05, 4.69) is 16.9 Å². The molecule has 1 aromatic heterocycles. The lowest BCUT2D eigenvalue weighted by atomic mass is 10.4. The molecular formula is C10H13N3O. The first-order valence-corrected chi connectivity index (χ1v) is 4.77. The molecule has 0 radical (unpaired) electrons. The van der Waals surface area contributed by atoms with Gasteiger partial charge in [0.1, 0.15) is 12.4 Å². The van der Waals surface area contributed by atoms with Crippen molar-refractivity contribution < 1.29 is 0 Å². The van der Waals surface area contributed by atoms with Gasteiger partial charge in [-0.15, -0.1) is 5.92 Å². The fraction of sp³-hybridized carbons (Fsp3) is 0.600. The molecule has 4 heteroatoms. The van der Waals surface area contributed by atoms with Gasteiger partial charge in [-0.05, 0) is 19.8 Å². The van der Waals surface area contributed by atoms with Crippen molar-refractivity contribution in [3.05, 3.63) is 16.3 Å². The Bertz CT molecular complexity index is 454. The number of hydrogen-bond donors (Lipinski definition) is 0. The molecule has 1 fully saturated rings. The number of nitrogens with zero attached hydrogens (tertiary/aromatic N) is 3. The number of rotatable bonds is 2. The van der Waals surface area contributed by atoms with E-state index < -0.39 is 0 Å². The molecular weight excluding hydrogens is 178 g/mol. The van der Waals surface area contributed by atoms with Crippen LogP contribution >= 0.6 is 0 Å². The third kappa shape index (κ3) is 1.46. The lowest BCUT2D eigenvalue weighted by molar-refractivity contribution is 0.668. The van der Waals surface area contributed by atoms with Gasteiger partial charge in [-0.1, -0.05) is 5.92 Å². The van der Waals surface area contributed by atoms with Crippen LogP contribution < -0.4 is 5.69 Å². The third-order valence-electron chi connectivity index (χ3n) is 2.42. The topological polar surface area (TPSA) is 39.8 Å². The molecule has 14 heavy (non-hydrogen) atoms. The predicted octanol–water partition coefficient (Wildman–Crippen LogP) is 0.482. The summed E-state index contributed by atoms with van der Waals surface area (Å²) in [6, 6.07) is 0. The molecule has 74 valence electrons. The van der Waals surface area contributed by atoms with Crippen molar-refractivity contribution in [3.63, 3.8) is 0 Å². The van der Waals surface area contributed by atoms with Crippen LogP contribution in [0.25, 0.3) is 0 Å². The molecule has 4 nitrogen and oxygen atoms in total. The van der Waals surface area contributed by atoms with Gasteiger partial charge in [-0.25, -0.2) is 9.48 Å². The van der Waals surface area contributed by atoms with Crippen LogP contribution in [0.1, 0.15) is 31.5 Å². The monoisotopic (exact) mass is 191 g/mol. The zero-order chi connectivity index (χ0) is 10.1. The SMILES string of the molecule is CC#CCn1nc(C2CC2)n(C)c1=O. The molecule has 1 aliphatic carbocycles. The highest BCUT2D eigenvalue weighted by Crippen LogP contribution is 2.38. The van der Waals surface area contributed by atoms with Gasteiger partial charge in [0.15, 0.2) is 0 Å². The highest BCUT2D eigenvalue weighted by Gasteiger charge is 2.29. The van der Waals surface area contributed by atoms with Crippen molar-refractivity contribution in [2.75, 3.05) is 0 Å². The smallest absolute Gasteiger partial charge is 0.282 e. The van der Waals surface area contributed by atoms with E-state index in [9.17, 15) is 4.79 Å². The van der Waals surface area contributed by atoms with Gasteiger partial charge in [-0.2, -0.15) is 5.10 Å². The molecule has 0 spiro atoms. The Morgan fingerprint density at radius 1 is 1.57 bits per heavy atom. The molecule has 1 aliphatic rings. The number of hydrogen-bond acceptors (Lipinski definition) is 2. The van der Waals surface area contributed by atoms with Gasteiger partial charge < -0.3 is 0 Å². The van der Waals surface area contributed by atoms with Crippen molar-refractivity contribution in [1.29, 1.82) is 0 Å². The minimum absolute atomic E-state index is 0.0605. The van der Waals surface area contributed by atoms with Crippen LogP contribution in [0.5, 0.6) is 0 Å². The zero-order valence-electron chi connectivity index (χ0n) is 8.45. The fourth-order valence-corrected chi connectivity index (χ4v) is 1.46. The van der Waals surface area contributed by atoms with Crippen LogP contribution in [0.2, 0.25) is 0 Å². The summed E-state index contributed by atoms with van der Waals surface area (Å²) in [5, 5.41) is 4.27. The fourth-order valence-electron chi connectivity index (χ4n) is 1.46. The van der Waals surface area contributed by atoms with E-state index in [0.29, 0.717) is 12.5 Å². The molecule has 0 saturated heterocycles. The Kier molecular flexibility index (Phi) is 2.16. The zero-order valence-corrected chi connectivity index (χ0v) is 8.45. The van der Waals surface area contributed by atoms with Crippen molar-refractivity contribution in [2.24, 2.45) is 7.05 Å². The molecule has 0 bridgehead atoms. The highest BCUT2D eigenvalue weighted by molar-refractivity contribution is 5.05. The summed E-state index contributed by atoms with van der Waals surface area (Å²) < 4.78 is 3.07. The van der Waals surface area contributed by atoms with Crippen LogP contribution in [0, 0.1) is 11.8 Å². The van der Waals surface area contributed by atoms with E-state index in [1.807, 2.05) is 0 Å². The van der Waals surface area contributed by atoms with Crippen molar-refractivity contribution >= 4 is 0 Å². The van der Waals surface area contributed by atoms with Crippen molar-refractivity contribution in [3.8, 4) is 11.8 Å². The van der Waals surface area contributed by atoms with Crippen LogP contribution in [-0.4, -0.2) is 14.3 Å². The molecule has 0 aromatic carbocycles. The summed E-state index contributed by atoms with van der Waals surface area (Å²) in [6.07, 6.45) is 2.31. The predicted molar refractivity (Wildman–Crippen MR) is 52.9 cm³/mol. The Morgan fingerprint density at radius 2 is 2.29 bits per heavy atom. The molecule has 0 atom stereocenters. The van der Waals surface area contributed by atoms with Crippen LogP contribution in [0.15, 0.2) is 4.79 Å². The second-order valence-electron chi connectivity index (χ2n) is 3.56. The van der Waals surface area contributed by atoms with Crippen molar-refractivity contribution in [1.82, 2.24) is 14.3 Å². The van der Waals surface area contributed by atoms with E-state index in [-0.39, 0.29) is 5.69 Å².